The lowest BCUT2D eigenvalue weighted by molar-refractivity contribution is 0.463. The molecule has 0 saturated heterocycles. The van der Waals surface area contributed by atoms with Crippen LogP contribution in [0, 0.1) is 6.92 Å². The second-order valence-electron chi connectivity index (χ2n) is 5.37. The standard InChI is InChI=1S/C17H13N5O2S/c1-11-6-2-3-7-12(11)15-19-20-17(24-15)25-10-22-16(23)13-8-4-5-9-14(13)18-21-22/h2-9H,10H2,1H3. The van der Waals surface area contributed by atoms with Crippen LogP contribution in [0.1, 0.15) is 5.56 Å². The molecule has 8 heteroatoms. The molecule has 0 spiro atoms. The Bertz CT molecular complexity index is 1110. The molecule has 2 aromatic carbocycles. The highest BCUT2D eigenvalue weighted by Gasteiger charge is 2.12. The molecule has 0 aliphatic carbocycles. The highest BCUT2D eigenvalue weighted by atomic mass is 32.2. The van der Waals surface area contributed by atoms with E-state index in [4.69, 9.17) is 4.42 Å². The van der Waals surface area contributed by atoms with Gasteiger partial charge in [0.15, 0.2) is 0 Å². The zero-order valence-corrected chi connectivity index (χ0v) is 14.1. The number of fused-ring (bicyclic) bond motifs is 1. The molecule has 0 aliphatic heterocycles. The molecule has 2 aromatic heterocycles. The summed E-state index contributed by atoms with van der Waals surface area (Å²) in [5.74, 6) is 0.698. The van der Waals surface area contributed by atoms with Gasteiger partial charge in [0.1, 0.15) is 11.4 Å². The van der Waals surface area contributed by atoms with Crippen LogP contribution in [0.4, 0.5) is 0 Å². The predicted octanol–water partition coefficient (Wildman–Crippen LogP) is 2.90. The second-order valence-corrected chi connectivity index (χ2v) is 6.27. The first-order valence-corrected chi connectivity index (χ1v) is 8.56. The van der Waals surface area contributed by atoms with Gasteiger partial charge in [-0.15, -0.1) is 15.3 Å². The van der Waals surface area contributed by atoms with Crippen LogP contribution in [0.5, 0.6) is 0 Å². The zero-order chi connectivity index (χ0) is 17.2. The van der Waals surface area contributed by atoms with Crippen molar-refractivity contribution in [3.63, 3.8) is 0 Å². The number of aromatic nitrogens is 5. The van der Waals surface area contributed by atoms with E-state index in [0.29, 0.717) is 22.0 Å². The van der Waals surface area contributed by atoms with Gasteiger partial charge in [0.25, 0.3) is 10.8 Å². The highest BCUT2D eigenvalue weighted by molar-refractivity contribution is 7.98. The largest absolute Gasteiger partial charge is 0.411 e. The Balaban J connectivity index is 1.56. The first kappa shape index (κ1) is 15.5. The summed E-state index contributed by atoms with van der Waals surface area (Å²) in [5.41, 5.74) is 2.33. The SMILES string of the molecule is Cc1ccccc1-c1nnc(SCn2nnc3ccccc3c2=O)o1. The Morgan fingerprint density at radius 3 is 2.72 bits per heavy atom. The lowest BCUT2D eigenvalue weighted by Gasteiger charge is -2.02. The van der Waals surface area contributed by atoms with Crippen molar-refractivity contribution in [2.24, 2.45) is 0 Å². The summed E-state index contributed by atoms with van der Waals surface area (Å²) in [5, 5.41) is 17.0. The summed E-state index contributed by atoms with van der Waals surface area (Å²) in [6, 6.07) is 14.9. The number of nitrogens with zero attached hydrogens (tertiary/aromatic N) is 5. The monoisotopic (exact) mass is 351 g/mol. The minimum Gasteiger partial charge on any atom is -0.411 e. The van der Waals surface area contributed by atoms with Gasteiger partial charge in [-0.25, -0.2) is 0 Å². The van der Waals surface area contributed by atoms with Crippen molar-refractivity contribution >= 4 is 22.7 Å². The molecular formula is C17H13N5O2S. The van der Waals surface area contributed by atoms with Gasteiger partial charge >= 0.3 is 0 Å². The number of thioether (sulfide) groups is 1. The van der Waals surface area contributed by atoms with Gasteiger partial charge in [-0.05, 0) is 42.4 Å². The smallest absolute Gasteiger partial charge is 0.278 e. The number of rotatable bonds is 4. The van der Waals surface area contributed by atoms with Crippen LogP contribution >= 0.6 is 11.8 Å². The molecular weight excluding hydrogens is 338 g/mol. The molecule has 4 aromatic rings. The van der Waals surface area contributed by atoms with Crippen LogP contribution in [0.3, 0.4) is 0 Å². The number of aryl methyl sites for hydroxylation is 1. The van der Waals surface area contributed by atoms with Crippen molar-refractivity contribution in [2.45, 2.75) is 18.0 Å². The number of benzene rings is 2. The molecule has 25 heavy (non-hydrogen) atoms. The third kappa shape index (κ3) is 3.03. The van der Waals surface area contributed by atoms with Gasteiger partial charge in [0.05, 0.1) is 5.39 Å². The third-order valence-corrected chi connectivity index (χ3v) is 4.51. The van der Waals surface area contributed by atoms with Crippen molar-refractivity contribution in [1.82, 2.24) is 25.2 Å². The molecule has 0 aliphatic rings. The molecule has 0 unspecified atom stereocenters. The maximum absolute atomic E-state index is 12.4. The van der Waals surface area contributed by atoms with E-state index in [2.05, 4.69) is 20.5 Å². The molecule has 0 bridgehead atoms. The van der Waals surface area contributed by atoms with Crippen molar-refractivity contribution < 1.29 is 4.42 Å². The third-order valence-electron chi connectivity index (χ3n) is 3.72. The minimum atomic E-state index is -0.197. The average molecular weight is 351 g/mol. The zero-order valence-electron chi connectivity index (χ0n) is 13.3. The van der Waals surface area contributed by atoms with E-state index in [-0.39, 0.29) is 11.4 Å². The molecule has 0 amide bonds. The lowest BCUT2D eigenvalue weighted by atomic mass is 10.1. The fraction of sp³-hybridized carbons (Fsp3) is 0.118. The molecule has 0 saturated carbocycles. The first-order valence-electron chi connectivity index (χ1n) is 7.57. The Morgan fingerprint density at radius 2 is 1.84 bits per heavy atom. The second kappa shape index (κ2) is 6.48. The fourth-order valence-corrected chi connectivity index (χ4v) is 3.05. The Hall–Kier alpha value is -3.00. The average Bonchev–Trinajstić information content (AvgIpc) is 3.10. The van der Waals surface area contributed by atoms with E-state index in [1.54, 1.807) is 18.2 Å². The summed E-state index contributed by atoms with van der Waals surface area (Å²) in [7, 11) is 0. The lowest BCUT2D eigenvalue weighted by Crippen LogP contribution is -2.23. The summed E-state index contributed by atoms with van der Waals surface area (Å²) in [6.07, 6.45) is 0. The van der Waals surface area contributed by atoms with Gasteiger partial charge < -0.3 is 4.42 Å². The van der Waals surface area contributed by atoms with Crippen LogP contribution < -0.4 is 5.56 Å². The van der Waals surface area contributed by atoms with E-state index in [9.17, 15) is 4.79 Å². The highest BCUT2D eigenvalue weighted by Crippen LogP contribution is 2.25. The van der Waals surface area contributed by atoms with Crippen LogP contribution in [0.2, 0.25) is 0 Å². The van der Waals surface area contributed by atoms with Crippen molar-refractivity contribution in [3.05, 3.63) is 64.4 Å². The quantitative estimate of drug-likeness (QED) is 0.522. The number of hydrogen-bond acceptors (Lipinski definition) is 7. The van der Waals surface area contributed by atoms with Gasteiger partial charge in [0, 0.05) is 5.56 Å². The summed E-state index contributed by atoms with van der Waals surface area (Å²) in [4.78, 5) is 12.4. The van der Waals surface area contributed by atoms with Crippen molar-refractivity contribution in [2.75, 3.05) is 0 Å². The van der Waals surface area contributed by atoms with Crippen LogP contribution in [-0.4, -0.2) is 25.2 Å². The number of hydrogen-bond donors (Lipinski definition) is 0. The Labute approximate surface area is 146 Å². The van der Waals surface area contributed by atoms with Crippen LogP contribution in [0.25, 0.3) is 22.4 Å². The summed E-state index contributed by atoms with van der Waals surface area (Å²) in [6.45, 7) is 1.98. The fourth-order valence-electron chi connectivity index (χ4n) is 2.41. The van der Waals surface area contributed by atoms with E-state index in [1.165, 1.54) is 16.4 Å². The maximum atomic E-state index is 12.4. The minimum absolute atomic E-state index is 0.197. The first-order chi connectivity index (χ1) is 12.2. The Morgan fingerprint density at radius 1 is 1.04 bits per heavy atom. The Kier molecular flexibility index (Phi) is 4.02. The molecule has 0 fully saturated rings. The molecule has 2 heterocycles. The summed E-state index contributed by atoms with van der Waals surface area (Å²) >= 11 is 1.24. The molecule has 124 valence electrons. The van der Waals surface area contributed by atoms with E-state index in [1.807, 2.05) is 37.3 Å². The van der Waals surface area contributed by atoms with Crippen LogP contribution in [0.15, 0.2) is 63.0 Å². The summed E-state index contributed by atoms with van der Waals surface area (Å²) < 4.78 is 6.96. The molecule has 0 N–H and O–H groups in total. The van der Waals surface area contributed by atoms with Crippen LogP contribution in [-0.2, 0) is 5.88 Å². The topological polar surface area (TPSA) is 86.7 Å². The van der Waals surface area contributed by atoms with Crippen molar-refractivity contribution in [1.29, 1.82) is 0 Å². The van der Waals surface area contributed by atoms with Gasteiger partial charge in [0.2, 0.25) is 5.89 Å². The normalized spacial score (nSPS) is 11.1. The molecule has 0 radical (unpaired) electrons. The van der Waals surface area contributed by atoms with E-state index >= 15 is 0 Å². The maximum Gasteiger partial charge on any atom is 0.278 e. The van der Waals surface area contributed by atoms with Gasteiger partial charge in [-0.1, -0.05) is 35.5 Å². The molecule has 4 rings (SSSR count). The van der Waals surface area contributed by atoms with Gasteiger partial charge in [-0.2, -0.15) is 4.68 Å². The van der Waals surface area contributed by atoms with Gasteiger partial charge in [-0.3, -0.25) is 4.79 Å². The molecule has 7 nitrogen and oxygen atoms in total. The predicted molar refractivity (Wildman–Crippen MR) is 94.1 cm³/mol. The molecule has 0 atom stereocenters. The van der Waals surface area contributed by atoms with E-state index in [0.717, 1.165) is 11.1 Å². The van der Waals surface area contributed by atoms with Crippen molar-refractivity contribution in [3.8, 4) is 11.5 Å². The van der Waals surface area contributed by atoms with E-state index < -0.39 is 0 Å².